The number of hydrogen-bond acceptors (Lipinski definition) is 4. The molecule has 0 saturated heterocycles. The third-order valence-corrected chi connectivity index (χ3v) is 18.1. The van der Waals surface area contributed by atoms with Crippen molar-refractivity contribution in [1.82, 2.24) is 14.1 Å². The van der Waals surface area contributed by atoms with Gasteiger partial charge < -0.3 is 4.90 Å². The van der Waals surface area contributed by atoms with Gasteiger partial charge in [0.1, 0.15) is 0 Å². The fraction of sp³-hybridized carbons (Fsp3) is 0.250. The summed E-state index contributed by atoms with van der Waals surface area (Å²) in [5, 5.41) is 0. The van der Waals surface area contributed by atoms with Gasteiger partial charge in [-0.3, -0.25) is 0 Å². The van der Waals surface area contributed by atoms with E-state index in [1.54, 1.807) is 0 Å². The molecular weight excluding hydrogens is 1240 g/mol. The van der Waals surface area contributed by atoms with Gasteiger partial charge in [0.2, 0.25) is 0 Å². The second kappa shape index (κ2) is 22.1. The summed E-state index contributed by atoms with van der Waals surface area (Å²) in [6, 6.07) is 78.2. The Morgan fingerprint density at radius 2 is 0.793 bits per heavy atom. The number of benzene rings is 9. The first-order valence-corrected chi connectivity index (χ1v) is 31.7. The molecule has 0 unspecified atom stereocenters. The predicted molar refractivity (Wildman–Crippen MR) is 363 cm³/mol. The topological polar surface area (TPSA) is 38.5 Å². The Kier molecular flexibility index (Phi) is 15.0. The summed E-state index contributed by atoms with van der Waals surface area (Å²) in [6.45, 7) is 34.6. The molecule has 0 radical (unpaired) electrons. The molecule has 0 N–H and O–H groups in total. The zero-order valence-corrected chi connectivity index (χ0v) is 55.5. The number of hydrogen-bond donors (Lipinski definition) is 0. The first kappa shape index (κ1) is 59.0. The first-order valence-electron chi connectivity index (χ1n) is 30.6. The molecule has 1 aliphatic rings. The van der Waals surface area contributed by atoms with E-state index >= 15 is 0 Å². The molecule has 0 spiro atoms. The minimum absolute atomic E-state index is 0.0628. The second-order valence-corrected chi connectivity index (χ2v) is 29.7. The molecule has 9 aromatic carbocycles. The maximum absolute atomic E-state index is 7.26. The Morgan fingerprint density at radius 1 is 0.322 bits per heavy atom. The second-order valence-electron chi connectivity index (χ2n) is 28.7. The van der Waals surface area contributed by atoms with Gasteiger partial charge in [0.15, 0.2) is 0 Å². The van der Waals surface area contributed by atoms with Gasteiger partial charge in [-0.2, -0.15) is 0 Å². The van der Waals surface area contributed by atoms with E-state index in [1.165, 1.54) is 33.4 Å². The van der Waals surface area contributed by atoms with Crippen LogP contribution in [0.1, 0.15) is 132 Å². The number of ether oxygens (including phenoxy) is 1. The van der Waals surface area contributed by atoms with Crippen LogP contribution in [0, 0.1) is 3.80 Å². The van der Waals surface area contributed by atoms with Crippen molar-refractivity contribution in [3.8, 4) is 56.3 Å². The quantitative estimate of drug-likeness (QED) is 0.159. The van der Waals surface area contributed by atoms with E-state index in [4.69, 9.17) is 9.72 Å². The van der Waals surface area contributed by atoms with E-state index in [-0.39, 0.29) is 27.1 Å². The standard InChI is InChI=1S/C80H81N5O.Pt/c1-76(2,3)55-40-41-81-75(49-55)85-71-35-24-21-31-66(71)65-30-19-22-33-69(65)84(62-47-58(79(10,11)12)44-59(48-62)80(13,14)15)70-34-23-20-32-67(70)68-38-37-64(51-73(68)85)86-63-29-25-28-60(50-63)82-52-83(61-45-56(77(4,5)6)43-57(46-61)78(7,8)9)74-42-54(36-39-72(74)82)53-26-17-16-18-27-53;/h16-51H,1-15H3;. The zero-order chi connectivity index (χ0) is 61.5. The SMILES string of the molecule is CC(C)(C)c1cc(N2c3ccccc3-c3ccccc3N(c3cc(C(C)(C)C)ccn3)c3cc(Oc4cccc(-n5[c](=[Pt])n(-c6cc(C(C)(C)C)cc(C(C)(C)C)c6)c6cc(-c7ccccc7)ccc65)c4)ccc3-c3ccccc32)cc(C(C)(C)C)c1. The number of nitrogens with zero attached hydrogens (tertiary/aromatic N) is 5. The van der Waals surface area contributed by atoms with Crippen molar-refractivity contribution in [3.63, 3.8) is 0 Å². The van der Waals surface area contributed by atoms with Gasteiger partial charge in [0, 0.05) is 17.4 Å². The van der Waals surface area contributed by atoms with Gasteiger partial charge in [0.25, 0.3) is 0 Å². The van der Waals surface area contributed by atoms with Gasteiger partial charge >= 0.3 is 322 Å². The first-order chi connectivity index (χ1) is 41.2. The summed E-state index contributed by atoms with van der Waals surface area (Å²) in [6.07, 6.45) is 1.96. The van der Waals surface area contributed by atoms with E-state index in [2.05, 4.69) is 354 Å². The molecule has 6 nitrogen and oxygen atoms in total. The Morgan fingerprint density at radius 3 is 1.33 bits per heavy atom. The summed E-state index contributed by atoms with van der Waals surface area (Å²) < 4.78 is 13.1. The molecule has 0 amide bonds. The van der Waals surface area contributed by atoms with Crippen LogP contribution < -0.4 is 14.5 Å². The molecule has 2 aromatic heterocycles. The number of imidazole rings is 1. The van der Waals surface area contributed by atoms with Crippen LogP contribution in [0.4, 0.5) is 34.3 Å². The van der Waals surface area contributed by atoms with E-state index in [0.29, 0.717) is 5.75 Å². The molecule has 1 aliphatic heterocycles. The van der Waals surface area contributed by atoms with E-state index in [0.717, 1.165) is 94.0 Å². The normalized spacial score (nSPS) is 13.0. The van der Waals surface area contributed by atoms with Crippen LogP contribution in [0.5, 0.6) is 11.5 Å². The number of rotatable bonds is 7. The monoisotopic (exact) mass is 1320 g/mol. The van der Waals surface area contributed by atoms with Crippen LogP contribution in [0.2, 0.25) is 0 Å². The van der Waals surface area contributed by atoms with Crippen LogP contribution in [0.3, 0.4) is 0 Å². The number of anilines is 6. The van der Waals surface area contributed by atoms with Crippen molar-refractivity contribution in [3.05, 3.63) is 250 Å². The van der Waals surface area contributed by atoms with Gasteiger partial charge in [-0.05, 0) is 63.3 Å². The summed E-state index contributed by atoms with van der Waals surface area (Å²) in [4.78, 5) is 10.1. The molecular formula is C80H81N5OPt. The Hall–Kier alpha value is -8.31. The van der Waals surface area contributed by atoms with Crippen molar-refractivity contribution in [2.45, 2.75) is 131 Å². The van der Waals surface area contributed by atoms with Gasteiger partial charge in [-0.1, -0.05) is 117 Å². The van der Waals surface area contributed by atoms with Gasteiger partial charge in [-0.25, -0.2) is 0 Å². The van der Waals surface area contributed by atoms with E-state index in [1.807, 2.05) is 6.20 Å². The fourth-order valence-corrected chi connectivity index (χ4v) is 13.1. The van der Waals surface area contributed by atoms with Crippen LogP contribution in [0.15, 0.2) is 219 Å². The predicted octanol–water partition coefficient (Wildman–Crippen LogP) is 22.4. The third kappa shape index (κ3) is 11.5. The molecule has 7 heteroatoms. The number of para-hydroxylation sites is 3. The van der Waals surface area contributed by atoms with E-state index in [9.17, 15) is 0 Å². The summed E-state index contributed by atoms with van der Waals surface area (Å²) >= 11 is 2.54. The molecule has 12 rings (SSSR count). The minimum atomic E-state index is -0.140. The van der Waals surface area contributed by atoms with Crippen molar-refractivity contribution in [1.29, 1.82) is 0 Å². The number of fused-ring (bicyclic) bond motifs is 7. The minimum Gasteiger partial charge on any atom is -0.0615 e. The molecule has 442 valence electrons. The molecule has 0 bridgehead atoms. The van der Waals surface area contributed by atoms with E-state index < -0.39 is 0 Å². The molecule has 3 heterocycles. The van der Waals surface area contributed by atoms with Crippen LogP contribution in [-0.2, 0) is 46.4 Å². The summed E-state index contributed by atoms with van der Waals surface area (Å²) in [5.41, 5.74) is 22.1. The van der Waals surface area contributed by atoms with Crippen molar-refractivity contribution < 1.29 is 24.1 Å². The molecule has 0 fully saturated rings. The molecule has 0 atom stereocenters. The maximum atomic E-state index is 7.26. The fourth-order valence-electron chi connectivity index (χ4n) is 12.0. The third-order valence-electron chi connectivity index (χ3n) is 17.1. The van der Waals surface area contributed by atoms with Crippen molar-refractivity contribution in [2.75, 3.05) is 9.80 Å². The van der Waals surface area contributed by atoms with Crippen LogP contribution in [-0.4, -0.2) is 14.1 Å². The van der Waals surface area contributed by atoms with Crippen molar-refractivity contribution in [2.24, 2.45) is 0 Å². The molecule has 0 saturated carbocycles. The average molecular weight is 1320 g/mol. The Labute approximate surface area is 527 Å². The van der Waals surface area contributed by atoms with Gasteiger partial charge in [-0.15, -0.1) is 0 Å². The smallest absolute Gasteiger partial charge is 0.0615 e. The van der Waals surface area contributed by atoms with Crippen LogP contribution in [0.25, 0.3) is 55.8 Å². The molecule has 0 aliphatic carbocycles. The molecule has 87 heavy (non-hydrogen) atoms. The Balaban J connectivity index is 1.07. The zero-order valence-electron chi connectivity index (χ0n) is 53.2. The van der Waals surface area contributed by atoms with Crippen molar-refractivity contribution >= 4 is 45.3 Å². The summed E-state index contributed by atoms with van der Waals surface area (Å²) in [5.74, 6) is 2.23. The number of aromatic nitrogens is 3. The molecule has 11 aromatic rings. The number of pyridine rings is 1. The summed E-state index contributed by atoms with van der Waals surface area (Å²) in [7, 11) is 0. The Bertz CT molecular complexity index is 4430. The van der Waals surface area contributed by atoms with Gasteiger partial charge in [0.05, 0.1) is 5.69 Å². The average Bonchev–Trinajstić information content (AvgIpc) is 1.76. The van der Waals surface area contributed by atoms with Crippen LogP contribution >= 0.6 is 0 Å².